The van der Waals surface area contributed by atoms with Crippen molar-refractivity contribution in [3.63, 3.8) is 0 Å². The summed E-state index contributed by atoms with van der Waals surface area (Å²) in [6, 6.07) is 5.50. The summed E-state index contributed by atoms with van der Waals surface area (Å²) < 4.78 is 13.4. The molecule has 0 spiro atoms. The second-order valence-corrected chi connectivity index (χ2v) is 9.51. The van der Waals surface area contributed by atoms with Crippen molar-refractivity contribution >= 4 is 23.2 Å². The molecule has 1 aliphatic rings. The summed E-state index contributed by atoms with van der Waals surface area (Å²) in [6.07, 6.45) is 4.48. The maximum absolute atomic E-state index is 13.4. The minimum Gasteiger partial charge on any atom is -0.369 e. The molecule has 33 heavy (non-hydrogen) atoms. The lowest BCUT2D eigenvalue weighted by molar-refractivity contribution is 0.0950. The highest BCUT2D eigenvalue weighted by molar-refractivity contribution is 6.31. The number of aromatic amines is 1. The van der Waals surface area contributed by atoms with Crippen molar-refractivity contribution in [3.05, 3.63) is 61.8 Å². The fourth-order valence-corrected chi connectivity index (χ4v) is 5.08. The third kappa shape index (κ3) is 5.76. The van der Waals surface area contributed by atoms with E-state index in [0.717, 1.165) is 49.5 Å². The predicted octanol–water partition coefficient (Wildman–Crippen LogP) is 4.41. The van der Waals surface area contributed by atoms with Crippen molar-refractivity contribution in [3.8, 4) is 0 Å². The zero-order valence-electron chi connectivity index (χ0n) is 20.1. The van der Waals surface area contributed by atoms with Crippen LogP contribution < -0.4 is 15.6 Å². The van der Waals surface area contributed by atoms with Crippen molar-refractivity contribution < 1.29 is 9.18 Å². The summed E-state index contributed by atoms with van der Waals surface area (Å²) in [5.41, 5.74) is 2.59. The van der Waals surface area contributed by atoms with Crippen LogP contribution >= 0.6 is 11.6 Å². The van der Waals surface area contributed by atoms with Crippen molar-refractivity contribution in [2.45, 2.75) is 65.1 Å². The number of aromatic nitrogens is 1. The third-order valence-corrected chi connectivity index (χ3v) is 7.04. The Morgan fingerprint density at radius 1 is 1.15 bits per heavy atom. The van der Waals surface area contributed by atoms with Crippen molar-refractivity contribution in [1.29, 1.82) is 0 Å². The molecule has 3 rings (SSSR count). The SMILES string of the molecule is CCN(c1cc(Cl)cc(C(=O)NCc2c(C)[nH]c(F)cc2=O)c1C)[C@H]1CC[C@H](N(C)C)CC1. The van der Waals surface area contributed by atoms with Gasteiger partial charge in [-0.2, -0.15) is 4.39 Å². The normalized spacial score (nSPS) is 18.4. The molecule has 0 bridgehead atoms. The zero-order chi connectivity index (χ0) is 24.3. The second kappa shape index (κ2) is 10.7. The summed E-state index contributed by atoms with van der Waals surface area (Å²) in [6.45, 7) is 6.50. The molecule has 0 aliphatic heterocycles. The van der Waals surface area contributed by atoms with E-state index in [4.69, 9.17) is 11.6 Å². The number of anilines is 1. The lowest BCUT2D eigenvalue weighted by atomic mass is 9.89. The Labute approximate surface area is 200 Å². The molecule has 180 valence electrons. The minimum absolute atomic E-state index is 0.00755. The molecule has 2 aromatic rings. The fraction of sp³-hybridized carbons (Fsp3) is 0.520. The van der Waals surface area contributed by atoms with E-state index in [1.165, 1.54) is 0 Å². The van der Waals surface area contributed by atoms with Crippen LogP contribution in [0.4, 0.5) is 10.1 Å². The molecule has 0 unspecified atom stereocenters. The monoisotopic (exact) mass is 476 g/mol. The lowest BCUT2D eigenvalue weighted by Gasteiger charge is -2.40. The number of nitrogens with zero attached hydrogens (tertiary/aromatic N) is 2. The molecule has 1 heterocycles. The number of pyridine rings is 1. The number of halogens is 2. The van der Waals surface area contributed by atoms with Crippen LogP contribution in [0.3, 0.4) is 0 Å². The van der Waals surface area contributed by atoms with E-state index in [1.807, 2.05) is 13.0 Å². The van der Waals surface area contributed by atoms with Crippen LogP contribution in [0.15, 0.2) is 23.0 Å². The number of rotatable bonds is 7. The molecule has 0 saturated heterocycles. The van der Waals surface area contributed by atoms with E-state index >= 15 is 0 Å². The first-order valence-corrected chi connectivity index (χ1v) is 11.9. The van der Waals surface area contributed by atoms with Gasteiger partial charge in [-0.1, -0.05) is 11.6 Å². The van der Waals surface area contributed by atoms with Crippen LogP contribution in [0.5, 0.6) is 0 Å². The summed E-state index contributed by atoms with van der Waals surface area (Å²) in [4.78, 5) is 32.3. The highest BCUT2D eigenvalue weighted by Gasteiger charge is 2.28. The quantitative estimate of drug-likeness (QED) is 0.581. The highest BCUT2D eigenvalue weighted by Crippen LogP contribution is 2.34. The van der Waals surface area contributed by atoms with Crippen molar-refractivity contribution in [2.24, 2.45) is 0 Å². The molecule has 2 N–H and O–H groups in total. The molecule has 8 heteroatoms. The average Bonchev–Trinajstić information content (AvgIpc) is 2.75. The van der Waals surface area contributed by atoms with Crippen LogP contribution in [0.2, 0.25) is 5.02 Å². The van der Waals surface area contributed by atoms with Gasteiger partial charge < -0.3 is 20.1 Å². The molecular formula is C25H34ClFN4O2. The van der Waals surface area contributed by atoms with E-state index in [2.05, 4.69) is 41.1 Å². The number of carbonyl (C=O) groups excluding carboxylic acids is 1. The standard InChI is InChI=1S/C25H34ClFN4O2/c1-6-31(19-9-7-18(8-10-19)30(4)5)22-12-17(26)11-20(15(22)2)25(33)28-14-21-16(3)29-24(27)13-23(21)32/h11-13,18-19H,6-10,14H2,1-5H3,(H,28,33)(H,29,32)/t18-,19-. The van der Waals surface area contributed by atoms with Gasteiger partial charge >= 0.3 is 0 Å². The number of H-pyrrole nitrogens is 1. The van der Waals surface area contributed by atoms with Crippen LogP contribution in [0.25, 0.3) is 0 Å². The van der Waals surface area contributed by atoms with Crippen LogP contribution in [0, 0.1) is 19.8 Å². The Kier molecular flexibility index (Phi) is 8.19. The summed E-state index contributed by atoms with van der Waals surface area (Å²) in [5.74, 6) is -1.01. The van der Waals surface area contributed by atoms with Gasteiger partial charge in [-0.3, -0.25) is 9.59 Å². The molecule has 1 aromatic heterocycles. The lowest BCUT2D eigenvalue weighted by Crippen LogP contribution is -2.42. The van der Waals surface area contributed by atoms with Crippen molar-refractivity contribution in [1.82, 2.24) is 15.2 Å². The maximum atomic E-state index is 13.4. The Bertz CT molecular complexity index is 1060. The number of aryl methyl sites for hydroxylation is 1. The topological polar surface area (TPSA) is 68.4 Å². The van der Waals surface area contributed by atoms with E-state index in [9.17, 15) is 14.0 Å². The van der Waals surface area contributed by atoms with E-state index in [-0.39, 0.29) is 12.5 Å². The first-order chi connectivity index (χ1) is 15.6. The van der Waals surface area contributed by atoms with E-state index in [0.29, 0.717) is 33.9 Å². The number of carbonyl (C=O) groups is 1. The molecule has 1 amide bonds. The van der Waals surface area contributed by atoms with Gasteiger partial charge in [-0.25, -0.2) is 0 Å². The van der Waals surface area contributed by atoms with Crippen molar-refractivity contribution in [2.75, 3.05) is 25.5 Å². The number of amides is 1. The number of hydrogen-bond donors (Lipinski definition) is 2. The molecule has 1 aromatic carbocycles. The van der Waals surface area contributed by atoms with Gasteiger partial charge in [-0.05, 0) is 78.2 Å². The molecular weight excluding hydrogens is 443 g/mol. The molecule has 6 nitrogen and oxygen atoms in total. The number of nitrogens with one attached hydrogen (secondary N) is 2. The zero-order valence-corrected chi connectivity index (χ0v) is 20.9. The average molecular weight is 477 g/mol. The first kappa shape index (κ1) is 25.2. The first-order valence-electron chi connectivity index (χ1n) is 11.5. The third-order valence-electron chi connectivity index (χ3n) is 6.82. The van der Waals surface area contributed by atoms with Crippen LogP contribution in [-0.4, -0.2) is 48.5 Å². The predicted molar refractivity (Wildman–Crippen MR) is 132 cm³/mol. The van der Waals surface area contributed by atoms with E-state index < -0.39 is 11.4 Å². The van der Waals surface area contributed by atoms with Gasteiger partial charge in [0.15, 0.2) is 11.4 Å². The van der Waals surface area contributed by atoms with Gasteiger partial charge in [-0.15, -0.1) is 0 Å². The van der Waals surface area contributed by atoms with Gasteiger partial charge in [0.05, 0.1) is 0 Å². The highest BCUT2D eigenvalue weighted by atomic mass is 35.5. The maximum Gasteiger partial charge on any atom is 0.251 e. The van der Waals surface area contributed by atoms with Gasteiger partial charge in [0.2, 0.25) is 0 Å². The molecule has 1 aliphatic carbocycles. The number of benzene rings is 1. The summed E-state index contributed by atoms with van der Waals surface area (Å²) >= 11 is 6.45. The fourth-order valence-electron chi connectivity index (χ4n) is 4.87. The summed E-state index contributed by atoms with van der Waals surface area (Å²) in [7, 11) is 4.27. The summed E-state index contributed by atoms with van der Waals surface area (Å²) in [5, 5.41) is 3.30. The molecule has 0 radical (unpaired) electrons. The minimum atomic E-state index is -0.692. The van der Waals surface area contributed by atoms with E-state index in [1.54, 1.807) is 13.0 Å². The number of hydrogen-bond acceptors (Lipinski definition) is 4. The van der Waals surface area contributed by atoms with Gasteiger partial charge in [0, 0.05) is 58.8 Å². The van der Waals surface area contributed by atoms with Gasteiger partial charge in [0.1, 0.15) is 0 Å². The van der Waals surface area contributed by atoms with Crippen LogP contribution in [0.1, 0.15) is 59.8 Å². The Balaban J connectivity index is 1.81. The Morgan fingerprint density at radius 3 is 2.36 bits per heavy atom. The molecule has 1 saturated carbocycles. The smallest absolute Gasteiger partial charge is 0.251 e. The molecule has 0 atom stereocenters. The largest absolute Gasteiger partial charge is 0.369 e. The Hall–Kier alpha value is -2.38. The second-order valence-electron chi connectivity index (χ2n) is 9.08. The van der Waals surface area contributed by atoms with Gasteiger partial charge in [0.25, 0.3) is 5.91 Å². The Morgan fingerprint density at radius 2 is 1.79 bits per heavy atom. The van der Waals surface area contributed by atoms with Crippen LogP contribution in [-0.2, 0) is 6.54 Å². The molecule has 1 fully saturated rings.